The molecule has 1 aliphatic heterocycles. The van der Waals surface area contributed by atoms with Gasteiger partial charge in [0.25, 0.3) is 0 Å². The molecule has 0 unspecified atom stereocenters. The summed E-state index contributed by atoms with van der Waals surface area (Å²) < 4.78 is 10.8. The summed E-state index contributed by atoms with van der Waals surface area (Å²) in [6.07, 6.45) is 0.205. The van der Waals surface area contributed by atoms with Crippen LogP contribution in [-0.4, -0.2) is 59.6 Å². The van der Waals surface area contributed by atoms with Crippen molar-refractivity contribution < 1.29 is 19.1 Å². The summed E-state index contributed by atoms with van der Waals surface area (Å²) in [5.74, 6) is -0.392. The molecule has 0 aliphatic carbocycles. The van der Waals surface area contributed by atoms with Crippen LogP contribution in [0.2, 0.25) is 0 Å². The Labute approximate surface area is 143 Å². The number of carbonyl (C=O) groups is 2. The van der Waals surface area contributed by atoms with Gasteiger partial charge in [0.1, 0.15) is 0 Å². The lowest BCUT2D eigenvalue weighted by Crippen LogP contribution is -2.51. The van der Waals surface area contributed by atoms with Gasteiger partial charge in [-0.3, -0.25) is 9.69 Å². The average molecular weight is 336 g/mol. The molecule has 1 fully saturated rings. The van der Waals surface area contributed by atoms with Crippen LogP contribution >= 0.6 is 0 Å². The highest BCUT2D eigenvalue weighted by molar-refractivity contribution is 6.03. The number of ketones is 1. The fourth-order valence-electron chi connectivity index (χ4n) is 3.41. The molecule has 3 atom stereocenters. The van der Waals surface area contributed by atoms with Gasteiger partial charge in [-0.25, -0.2) is 4.79 Å². The van der Waals surface area contributed by atoms with Crippen molar-refractivity contribution in [1.29, 1.82) is 0 Å². The second-order valence-electron chi connectivity index (χ2n) is 6.60. The predicted molar refractivity (Wildman–Crippen MR) is 91.6 cm³/mol. The van der Waals surface area contributed by atoms with Crippen molar-refractivity contribution in [3.63, 3.8) is 0 Å². The van der Waals surface area contributed by atoms with Crippen LogP contribution in [0.4, 0.5) is 0 Å². The van der Waals surface area contributed by atoms with Crippen molar-refractivity contribution in [1.82, 2.24) is 9.88 Å². The minimum absolute atomic E-state index is 0.00699. The number of nitrogens with zero attached hydrogens (tertiary/aromatic N) is 1. The number of aromatic nitrogens is 1. The number of hydrogen-bond acceptors (Lipinski definition) is 5. The first-order valence-corrected chi connectivity index (χ1v) is 8.56. The Balaban J connectivity index is 2.23. The van der Waals surface area contributed by atoms with E-state index in [9.17, 15) is 9.59 Å². The Morgan fingerprint density at radius 1 is 1.29 bits per heavy atom. The van der Waals surface area contributed by atoms with Gasteiger partial charge in [0.15, 0.2) is 5.78 Å². The van der Waals surface area contributed by atoms with Crippen LogP contribution in [0.5, 0.6) is 0 Å². The van der Waals surface area contributed by atoms with Gasteiger partial charge in [-0.1, -0.05) is 0 Å². The molecule has 0 radical (unpaired) electrons. The van der Waals surface area contributed by atoms with Crippen molar-refractivity contribution in [3.8, 4) is 0 Å². The summed E-state index contributed by atoms with van der Waals surface area (Å²) in [7, 11) is 0. The number of Topliss-reactive ketones (excluding diaryl/α,β-unsaturated/α-hetero) is 1. The summed E-state index contributed by atoms with van der Waals surface area (Å²) in [6, 6.07) is -0.273. The molecule has 0 saturated carbocycles. The number of carbonyl (C=O) groups excluding carboxylic acids is 2. The first kappa shape index (κ1) is 18.7. The molecule has 0 aromatic carbocycles. The fourth-order valence-corrected chi connectivity index (χ4v) is 3.41. The first-order chi connectivity index (χ1) is 11.3. The van der Waals surface area contributed by atoms with E-state index in [2.05, 4.69) is 9.88 Å². The van der Waals surface area contributed by atoms with Crippen molar-refractivity contribution in [2.24, 2.45) is 0 Å². The molecule has 1 saturated heterocycles. The number of nitrogens with one attached hydrogen (secondary N) is 1. The van der Waals surface area contributed by atoms with Gasteiger partial charge in [0.2, 0.25) is 0 Å². The second-order valence-corrected chi connectivity index (χ2v) is 6.60. The Morgan fingerprint density at radius 3 is 2.42 bits per heavy atom. The monoisotopic (exact) mass is 336 g/mol. The van der Waals surface area contributed by atoms with Crippen LogP contribution in [0.15, 0.2) is 0 Å². The number of aromatic amines is 1. The highest BCUT2D eigenvalue weighted by Crippen LogP contribution is 2.23. The van der Waals surface area contributed by atoms with Gasteiger partial charge in [-0.2, -0.15) is 0 Å². The normalized spacial score (nSPS) is 23.1. The highest BCUT2D eigenvalue weighted by Gasteiger charge is 2.32. The van der Waals surface area contributed by atoms with Gasteiger partial charge >= 0.3 is 5.97 Å². The number of rotatable bonds is 5. The lowest BCUT2D eigenvalue weighted by atomic mass is 10.0. The molecule has 0 bridgehead atoms. The second kappa shape index (κ2) is 7.49. The van der Waals surface area contributed by atoms with E-state index < -0.39 is 0 Å². The van der Waals surface area contributed by atoms with Crippen molar-refractivity contribution in [3.05, 3.63) is 22.5 Å². The van der Waals surface area contributed by atoms with Crippen LogP contribution in [0.3, 0.4) is 0 Å². The zero-order chi connectivity index (χ0) is 18.0. The fraction of sp³-hybridized carbons (Fsp3) is 0.667. The van der Waals surface area contributed by atoms with Gasteiger partial charge in [0, 0.05) is 18.8 Å². The largest absolute Gasteiger partial charge is 0.462 e. The molecule has 1 aromatic rings. The molecular weight excluding hydrogens is 308 g/mol. The van der Waals surface area contributed by atoms with Crippen LogP contribution in [-0.2, 0) is 9.47 Å². The van der Waals surface area contributed by atoms with Gasteiger partial charge < -0.3 is 14.5 Å². The maximum absolute atomic E-state index is 13.0. The molecule has 2 heterocycles. The van der Waals surface area contributed by atoms with E-state index in [4.69, 9.17) is 9.47 Å². The quantitative estimate of drug-likeness (QED) is 0.661. The third-order valence-electron chi connectivity index (χ3n) is 4.54. The SMILES string of the molecule is CCOC(=O)c1c(C)[nH]c(C(=O)[C@@H](C)N2C[C@@H](C)O[C@@H](C)C2)c1C. The summed E-state index contributed by atoms with van der Waals surface area (Å²) in [5, 5.41) is 0. The molecule has 6 nitrogen and oxygen atoms in total. The number of esters is 1. The predicted octanol–water partition coefficient (Wildman–Crippen LogP) is 2.49. The van der Waals surface area contributed by atoms with Crippen molar-refractivity contribution in [2.75, 3.05) is 19.7 Å². The Bertz CT molecular complexity index is 613. The number of aryl methyl sites for hydroxylation is 1. The van der Waals surface area contributed by atoms with Gasteiger partial charge in [-0.05, 0) is 47.1 Å². The van der Waals surface area contributed by atoms with Crippen molar-refractivity contribution >= 4 is 11.8 Å². The van der Waals surface area contributed by atoms with E-state index in [1.165, 1.54) is 0 Å². The lowest BCUT2D eigenvalue weighted by Gasteiger charge is -2.38. The number of ether oxygens (including phenoxy) is 2. The Morgan fingerprint density at radius 2 is 1.88 bits per heavy atom. The summed E-state index contributed by atoms with van der Waals surface area (Å²) in [4.78, 5) is 30.3. The first-order valence-electron chi connectivity index (χ1n) is 8.56. The maximum Gasteiger partial charge on any atom is 0.340 e. The molecule has 1 aliphatic rings. The van der Waals surface area contributed by atoms with E-state index in [1.54, 1.807) is 20.8 Å². The molecule has 134 valence electrons. The topological polar surface area (TPSA) is 71.6 Å². The van der Waals surface area contributed by atoms with Crippen molar-refractivity contribution in [2.45, 2.75) is 59.8 Å². The van der Waals surface area contributed by atoms with E-state index in [1.807, 2.05) is 20.8 Å². The van der Waals surface area contributed by atoms with E-state index in [0.29, 0.717) is 29.1 Å². The van der Waals surface area contributed by atoms with Gasteiger partial charge in [0.05, 0.1) is 36.1 Å². The maximum atomic E-state index is 13.0. The van der Waals surface area contributed by atoms with Gasteiger partial charge in [-0.15, -0.1) is 0 Å². The third-order valence-corrected chi connectivity index (χ3v) is 4.54. The average Bonchev–Trinajstić information content (AvgIpc) is 2.80. The Kier molecular flexibility index (Phi) is 5.83. The molecule has 0 amide bonds. The smallest absolute Gasteiger partial charge is 0.340 e. The lowest BCUT2D eigenvalue weighted by molar-refractivity contribution is -0.0744. The van der Waals surface area contributed by atoms with E-state index in [-0.39, 0.29) is 30.0 Å². The summed E-state index contributed by atoms with van der Waals surface area (Å²) >= 11 is 0. The third kappa shape index (κ3) is 3.70. The molecule has 1 aromatic heterocycles. The zero-order valence-corrected chi connectivity index (χ0v) is 15.4. The molecule has 0 spiro atoms. The van der Waals surface area contributed by atoms with Crippen LogP contribution in [0.25, 0.3) is 0 Å². The highest BCUT2D eigenvalue weighted by atomic mass is 16.5. The molecule has 2 rings (SSSR count). The zero-order valence-electron chi connectivity index (χ0n) is 15.4. The molecule has 24 heavy (non-hydrogen) atoms. The van der Waals surface area contributed by atoms with E-state index in [0.717, 1.165) is 13.1 Å². The Hall–Kier alpha value is -1.66. The number of hydrogen-bond donors (Lipinski definition) is 1. The number of morpholine rings is 1. The standard InChI is InChI=1S/C18H28N2O4/c1-7-23-18(22)15-12(4)16(19-13(15)5)17(21)14(6)20-8-10(2)24-11(3)9-20/h10-11,14,19H,7-9H2,1-6H3/t10-,11+,14-/m1/s1. The summed E-state index contributed by atoms with van der Waals surface area (Å²) in [5.41, 5.74) is 2.30. The number of H-pyrrole nitrogens is 1. The summed E-state index contributed by atoms with van der Waals surface area (Å²) in [6.45, 7) is 13.1. The molecule has 6 heteroatoms. The van der Waals surface area contributed by atoms with Crippen LogP contribution in [0.1, 0.15) is 59.8 Å². The molecule has 1 N–H and O–H groups in total. The van der Waals surface area contributed by atoms with Crippen LogP contribution < -0.4 is 0 Å². The minimum atomic E-state index is -0.385. The van der Waals surface area contributed by atoms with E-state index >= 15 is 0 Å². The molecular formula is C18H28N2O4. The minimum Gasteiger partial charge on any atom is -0.462 e. The van der Waals surface area contributed by atoms with Crippen LogP contribution in [0, 0.1) is 13.8 Å².